The maximum Gasteiger partial charge on any atom is 0.306 e. The van der Waals surface area contributed by atoms with E-state index in [1.54, 1.807) is 26.2 Å². The zero-order chi connectivity index (χ0) is 25.9. The topological polar surface area (TPSA) is 55.8 Å². The Kier molecular flexibility index (Phi) is 7.67. The summed E-state index contributed by atoms with van der Waals surface area (Å²) in [5.74, 6) is 0.129. The van der Waals surface area contributed by atoms with Gasteiger partial charge in [0.1, 0.15) is 23.9 Å². The predicted molar refractivity (Wildman–Crippen MR) is 140 cm³/mol. The number of carbonyl (C=O) groups is 1. The van der Waals surface area contributed by atoms with Crippen LogP contribution in [0, 0.1) is 17.2 Å². The molecule has 4 rings (SSSR count). The largest absolute Gasteiger partial charge is 0.497 e. The van der Waals surface area contributed by atoms with Crippen molar-refractivity contribution in [2.24, 2.45) is 11.3 Å². The van der Waals surface area contributed by atoms with Crippen molar-refractivity contribution < 1.29 is 23.8 Å². The van der Waals surface area contributed by atoms with E-state index in [1.165, 1.54) is 6.07 Å². The van der Waals surface area contributed by atoms with Gasteiger partial charge in [-0.3, -0.25) is 4.79 Å². The van der Waals surface area contributed by atoms with Crippen molar-refractivity contribution in [1.82, 2.24) is 0 Å². The number of halogens is 1. The average molecular weight is 491 g/mol. The molecule has 1 aliphatic carbocycles. The van der Waals surface area contributed by atoms with E-state index in [0.717, 1.165) is 41.5 Å². The molecule has 36 heavy (non-hydrogen) atoms. The summed E-state index contributed by atoms with van der Waals surface area (Å²) in [6, 6.07) is 18.7. The SMILES string of the molecule is COc1ccc(F)c(-c2ccc(COc3cccc(C[C@H](C)C(=O)O)c3)cc2C2CCCC2(C)C)c1. The number of carboxylic acid groups (broad SMARTS) is 1. The van der Waals surface area contributed by atoms with Crippen LogP contribution in [0.15, 0.2) is 60.7 Å². The normalized spacial score (nSPS) is 17.5. The summed E-state index contributed by atoms with van der Waals surface area (Å²) in [6.07, 6.45) is 3.81. The second kappa shape index (κ2) is 10.7. The van der Waals surface area contributed by atoms with Crippen molar-refractivity contribution in [2.75, 3.05) is 7.11 Å². The van der Waals surface area contributed by atoms with Crippen molar-refractivity contribution in [1.29, 1.82) is 0 Å². The van der Waals surface area contributed by atoms with E-state index in [2.05, 4.69) is 19.9 Å². The summed E-state index contributed by atoms with van der Waals surface area (Å²) in [7, 11) is 1.59. The number of rotatable bonds is 9. The van der Waals surface area contributed by atoms with Gasteiger partial charge in [0.15, 0.2) is 0 Å². The minimum atomic E-state index is -0.809. The molecule has 0 radical (unpaired) electrons. The summed E-state index contributed by atoms with van der Waals surface area (Å²) in [4.78, 5) is 11.2. The first-order valence-corrected chi connectivity index (χ1v) is 12.6. The lowest BCUT2D eigenvalue weighted by Crippen LogP contribution is -2.17. The van der Waals surface area contributed by atoms with Crippen molar-refractivity contribution >= 4 is 5.97 Å². The van der Waals surface area contributed by atoms with Crippen LogP contribution in [-0.2, 0) is 17.8 Å². The molecule has 0 saturated heterocycles. The Morgan fingerprint density at radius 3 is 2.56 bits per heavy atom. The monoisotopic (exact) mass is 490 g/mol. The van der Waals surface area contributed by atoms with Crippen molar-refractivity contribution in [2.45, 2.75) is 59.0 Å². The second-order valence-electron chi connectivity index (χ2n) is 10.6. The molecule has 5 heteroatoms. The summed E-state index contributed by atoms with van der Waals surface area (Å²) in [5, 5.41) is 9.21. The highest BCUT2D eigenvalue weighted by molar-refractivity contribution is 5.71. The van der Waals surface area contributed by atoms with Gasteiger partial charge in [-0.05, 0) is 83.2 Å². The van der Waals surface area contributed by atoms with Crippen LogP contribution in [0.4, 0.5) is 4.39 Å². The fourth-order valence-corrected chi connectivity index (χ4v) is 5.35. The quantitative estimate of drug-likeness (QED) is 0.335. The van der Waals surface area contributed by atoms with Crippen LogP contribution in [0.5, 0.6) is 11.5 Å². The van der Waals surface area contributed by atoms with E-state index in [-0.39, 0.29) is 11.2 Å². The number of carboxylic acids is 1. The molecule has 2 atom stereocenters. The minimum Gasteiger partial charge on any atom is -0.497 e. The molecule has 0 aromatic heterocycles. The van der Waals surface area contributed by atoms with Crippen molar-refractivity contribution in [3.05, 3.63) is 83.2 Å². The number of hydrogen-bond acceptors (Lipinski definition) is 3. The first-order chi connectivity index (χ1) is 17.2. The van der Waals surface area contributed by atoms with E-state index in [4.69, 9.17) is 9.47 Å². The summed E-state index contributed by atoms with van der Waals surface area (Å²) < 4.78 is 26.5. The lowest BCUT2D eigenvalue weighted by molar-refractivity contribution is -0.141. The van der Waals surface area contributed by atoms with Gasteiger partial charge >= 0.3 is 5.97 Å². The number of ether oxygens (including phenoxy) is 2. The zero-order valence-electron chi connectivity index (χ0n) is 21.5. The Morgan fingerprint density at radius 1 is 1.06 bits per heavy atom. The lowest BCUT2D eigenvalue weighted by Gasteiger charge is -2.30. The molecular formula is C31H35FO4. The van der Waals surface area contributed by atoms with Gasteiger partial charge in [0.05, 0.1) is 13.0 Å². The fourth-order valence-electron chi connectivity index (χ4n) is 5.35. The summed E-state index contributed by atoms with van der Waals surface area (Å²) >= 11 is 0. The van der Waals surface area contributed by atoms with Crippen LogP contribution in [0.25, 0.3) is 11.1 Å². The van der Waals surface area contributed by atoms with Gasteiger partial charge in [0.25, 0.3) is 0 Å². The van der Waals surface area contributed by atoms with E-state index >= 15 is 0 Å². The van der Waals surface area contributed by atoms with E-state index in [9.17, 15) is 14.3 Å². The van der Waals surface area contributed by atoms with Crippen LogP contribution in [-0.4, -0.2) is 18.2 Å². The van der Waals surface area contributed by atoms with Crippen LogP contribution >= 0.6 is 0 Å². The molecule has 3 aromatic rings. The third-order valence-electron chi connectivity index (χ3n) is 7.48. The number of hydrogen-bond donors (Lipinski definition) is 1. The highest BCUT2D eigenvalue weighted by Crippen LogP contribution is 2.51. The Balaban J connectivity index is 1.63. The standard InChI is InChI=1S/C31H35FO4/c1-20(30(33)34)15-21-7-5-8-24(16-21)36-19-22-10-12-25(27-18-23(35-4)11-13-29(27)32)26(17-22)28-9-6-14-31(28,2)3/h5,7-8,10-13,16-18,20,28H,6,9,14-15,19H2,1-4H3,(H,33,34)/t20-,28?/m0/s1. The molecule has 1 fully saturated rings. The highest BCUT2D eigenvalue weighted by Gasteiger charge is 2.37. The molecule has 1 saturated carbocycles. The van der Waals surface area contributed by atoms with Gasteiger partial charge in [0, 0.05) is 5.56 Å². The highest BCUT2D eigenvalue weighted by atomic mass is 19.1. The van der Waals surface area contributed by atoms with Crippen molar-refractivity contribution in [3.63, 3.8) is 0 Å². The van der Waals surface area contributed by atoms with E-state index < -0.39 is 11.9 Å². The zero-order valence-corrected chi connectivity index (χ0v) is 21.5. The second-order valence-corrected chi connectivity index (χ2v) is 10.6. The molecule has 0 amide bonds. The summed E-state index contributed by atoms with van der Waals surface area (Å²) in [5.41, 5.74) is 4.68. The molecule has 0 aliphatic heterocycles. The molecule has 0 heterocycles. The lowest BCUT2D eigenvalue weighted by atomic mass is 9.75. The smallest absolute Gasteiger partial charge is 0.306 e. The third kappa shape index (κ3) is 5.72. The van der Waals surface area contributed by atoms with Gasteiger partial charge in [-0.1, -0.05) is 57.5 Å². The molecule has 4 nitrogen and oxygen atoms in total. The molecule has 1 N–H and O–H groups in total. The molecule has 3 aromatic carbocycles. The molecule has 1 unspecified atom stereocenters. The first kappa shape index (κ1) is 25.7. The first-order valence-electron chi connectivity index (χ1n) is 12.6. The molecule has 0 bridgehead atoms. The average Bonchev–Trinajstić information content (AvgIpc) is 3.22. The number of benzene rings is 3. The summed E-state index contributed by atoms with van der Waals surface area (Å²) in [6.45, 7) is 6.67. The molecule has 190 valence electrons. The van der Waals surface area contributed by atoms with Crippen molar-refractivity contribution in [3.8, 4) is 22.6 Å². The van der Waals surface area contributed by atoms with Gasteiger partial charge in [-0.15, -0.1) is 0 Å². The maximum absolute atomic E-state index is 15.0. The Morgan fingerprint density at radius 2 is 1.86 bits per heavy atom. The van der Waals surface area contributed by atoms with Gasteiger partial charge < -0.3 is 14.6 Å². The maximum atomic E-state index is 15.0. The van der Waals surface area contributed by atoms with Crippen LogP contribution in [0.1, 0.15) is 62.6 Å². The predicted octanol–water partition coefficient (Wildman–Crippen LogP) is 7.64. The Bertz CT molecular complexity index is 1230. The van der Waals surface area contributed by atoms with Gasteiger partial charge in [-0.25, -0.2) is 4.39 Å². The van der Waals surface area contributed by atoms with E-state index in [0.29, 0.717) is 36.0 Å². The molecule has 0 spiro atoms. The fraction of sp³-hybridized carbons (Fsp3) is 0.387. The Labute approximate surface area is 213 Å². The number of aliphatic carboxylic acids is 1. The van der Waals surface area contributed by atoms with Gasteiger partial charge in [0.2, 0.25) is 0 Å². The van der Waals surface area contributed by atoms with Crippen LogP contribution in [0.2, 0.25) is 0 Å². The van der Waals surface area contributed by atoms with E-state index in [1.807, 2.05) is 36.4 Å². The van der Waals surface area contributed by atoms with Crippen LogP contribution in [0.3, 0.4) is 0 Å². The third-order valence-corrected chi connectivity index (χ3v) is 7.48. The van der Waals surface area contributed by atoms with Crippen LogP contribution < -0.4 is 9.47 Å². The van der Waals surface area contributed by atoms with Gasteiger partial charge in [-0.2, -0.15) is 0 Å². The molecular weight excluding hydrogens is 455 g/mol. The molecule has 1 aliphatic rings. The Hall–Kier alpha value is -3.34. The number of methoxy groups -OCH3 is 1. The minimum absolute atomic E-state index is 0.124.